The zero-order valence-corrected chi connectivity index (χ0v) is 17.9. The molecule has 8 nitrogen and oxygen atoms in total. The Kier molecular flexibility index (Phi) is 8.63. The van der Waals surface area contributed by atoms with Gasteiger partial charge in [0.25, 0.3) is 11.8 Å². The van der Waals surface area contributed by atoms with Crippen LogP contribution in [0.15, 0.2) is 48.5 Å². The maximum absolute atomic E-state index is 12.1. The van der Waals surface area contributed by atoms with Crippen molar-refractivity contribution in [3.63, 3.8) is 0 Å². The van der Waals surface area contributed by atoms with Crippen LogP contribution >= 0.6 is 0 Å². The minimum atomic E-state index is -0.683. The molecule has 0 aliphatic carbocycles. The molecule has 0 radical (unpaired) electrons. The molecule has 2 aromatic carbocycles. The molecule has 0 aliphatic rings. The van der Waals surface area contributed by atoms with Crippen molar-refractivity contribution < 1.29 is 28.6 Å². The summed E-state index contributed by atoms with van der Waals surface area (Å²) in [4.78, 5) is 35.7. The Hall–Kier alpha value is -3.81. The smallest absolute Gasteiger partial charge is 0.331 e. The Morgan fingerprint density at radius 2 is 1.61 bits per heavy atom. The molecule has 164 valence electrons. The summed E-state index contributed by atoms with van der Waals surface area (Å²) in [6.07, 6.45) is 2.84. The summed E-state index contributed by atoms with van der Waals surface area (Å²) >= 11 is 0. The molecule has 2 N–H and O–H groups in total. The number of ether oxygens (including phenoxy) is 3. The van der Waals surface area contributed by atoms with Crippen LogP contribution in [-0.4, -0.2) is 38.6 Å². The van der Waals surface area contributed by atoms with Crippen LogP contribution in [0, 0.1) is 0 Å². The lowest BCUT2D eigenvalue weighted by molar-refractivity contribution is -0.144. The average Bonchev–Trinajstić information content (AvgIpc) is 2.79. The summed E-state index contributed by atoms with van der Waals surface area (Å²) < 4.78 is 15.1. The van der Waals surface area contributed by atoms with Crippen molar-refractivity contribution in [3.8, 4) is 11.5 Å². The fourth-order valence-electron chi connectivity index (χ4n) is 2.55. The van der Waals surface area contributed by atoms with Crippen LogP contribution in [0.25, 0.3) is 6.08 Å². The number of benzene rings is 2. The maximum atomic E-state index is 12.1. The Morgan fingerprint density at radius 1 is 0.935 bits per heavy atom. The fraction of sp³-hybridized carbons (Fsp3) is 0.261. The number of hydrazine groups is 1. The molecule has 0 heterocycles. The number of rotatable bonds is 8. The number of hydrogen-bond acceptors (Lipinski definition) is 6. The number of hydrogen-bond donors (Lipinski definition) is 2. The number of esters is 1. The van der Waals surface area contributed by atoms with E-state index < -0.39 is 24.4 Å². The molecule has 0 aliphatic heterocycles. The molecule has 0 saturated heterocycles. The Balaban J connectivity index is 1.78. The molecule has 8 heteroatoms. The highest BCUT2D eigenvalue weighted by Gasteiger charge is 2.12. The quantitative estimate of drug-likeness (QED) is 0.382. The molecule has 0 aromatic heterocycles. The number of carbonyl (C=O) groups excluding carboxylic acids is 3. The van der Waals surface area contributed by atoms with Crippen molar-refractivity contribution in [1.29, 1.82) is 0 Å². The van der Waals surface area contributed by atoms with E-state index in [1.807, 2.05) is 24.3 Å². The summed E-state index contributed by atoms with van der Waals surface area (Å²) in [6, 6.07) is 12.3. The minimum Gasteiger partial charge on any atom is -0.493 e. The van der Waals surface area contributed by atoms with Gasteiger partial charge < -0.3 is 14.2 Å². The summed E-state index contributed by atoms with van der Waals surface area (Å²) in [5, 5.41) is 0. The highest BCUT2D eigenvalue weighted by Crippen LogP contribution is 2.27. The number of nitrogens with one attached hydrogen (secondary N) is 2. The monoisotopic (exact) mass is 426 g/mol. The highest BCUT2D eigenvalue weighted by atomic mass is 16.5. The Labute approximate surface area is 181 Å². The van der Waals surface area contributed by atoms with Crippen molar-refractivity contribution in [1.82, 2.24) is 10.9 Å². The first kappa shape index (κ1) is 23.5. The van der Waals surface area contributed by atoms with Gasteiger partial charge in [-0.25, -0.2) is 4.79 Å². The average molecular weight is 426 g/mol. The van der Waals surface area contributed by atoms with Crippen molar-refractivity contribution in [2.75, 3.05) is 20.8 Å². The van der Waals surface area contributed by atoms with Crippen molar-refractivity contribution in [3.05, 3.63) is 65.2 Å². The van der Waals surface area contributed by atoms with Crippen LogP contribution < -0.4 is 20.3 Å². The van der Waals surface area contributed by atoms with E-state index in [2.05, 4.69) is 24.7 Å². The van der Waals surface area contributed by atoms with E-state index >= 15 is 0 Å². The van der Waals surface area contributed by atoms with Crippen LogP contribution in [0.3, 0.4) is 0 Å². The third kappa shape index (κ3) is 7.18. The normalized spacial score (nSPS) is 10.6. The summed E-state index contributed by atoms with van der Waals surface area (Å²) in [6.45, 7) is 3.66. The molecule has 0 unspecified atom stereocenters. The molecule has 31 heavy (non-hydrogen) atoms. The third-order valence-electron chi connectivity index (χ3n) is 4.32. The second-order valence-electron chi connectivity index (χ2n) is 6.83. The van der Waals surface area contributed by atoms with Crippen LogP contribution in [-0.2, 0) is 14.3 Å². The van der Waals surface area contributed by atoms with E-state index in [0.717, 1.165) is 5.56 Å². The summed E-state index contributed by atoms with van der Waals surface area (Å²) in [5.41, 5.74) is 6.71. The van der Waals surface area contributed by atoms with Gasteiger partial charge in [-0.1, -0.05) is 38.1 Å². The van der Waals surface area contributed by atoms with E-state index in [1.54, 1.807) is 12.1 Å². The molecular weight excluding hydrogens is 400 g/mol. The van der Waals surface area contributed by atoms with E-state index in [1.165, 1.54) is 38.0 Å². The number of amides is 2. The molecule has 2 amide bonds. The van der Waals surface area contributed by atoms with Gasteiger partial charge in [0.1, 0.15) is 0 Å². The molecule has 2 rings (SSSR count). The predicted octanol–water partition coefficient (Wildman–Crippen LogP) is 2.84. The van der Waals surface area contributed by atoms with Gasteiger partial charge in [-0.15, -0.1) is 0 Å². The van der Waals surface area contributed by atoms with E-state index in [-0.39, 0.29) is 5.56 Å². The van der Waals surface area contributed by atoms with E-state index in [0.29, 0.717) is 17.4 Å². The van der Waals surface area contributed by atoms with Crippen molar-refractivity contribution in [2.45, 2.75) is 19.8 Å². The first-order valence-corrected chi connectivity index (χ1v) is 9.60. The number of methoxy groups -OCH3 is 2. The lowest BCUT2D eigenvalue weighted by atomic mass is 10.0. The molecule has 2 aromatic rings. The van der Waals surface area contributed by atoms with Crippen LogP contribution in [0.2, 0.25) is 0 Å². The zero-order chi connectivity index (χ0) is 22.8. The molecule has 0 atom stereocenters. The van der Waals surface area contributed by atoms with E-state index in [4.69, 9.17) is 14.2 Å². The molecule has 0 fully saturated rings. The SMILES string of the molecule is COc1ccc(C(=O)NNC(=O)COC(=O)/C=C/c2ccc(C(C)C)cc2)cc1OC. The van der Waals surface area contributed by atoms with Gasteiger partial charge in [-0.3, -0.25) is 20.4 Å². The summed E-state index contributed by atoms with van der Waals surface area (Å²) in [5.74, 6) is -0.648. The van der Waals surface area contributed by atoms with Gasteiger partial charge in [0, 0.05) is 11.6 Å². The lowest BCUT2D eigenvalue weighted by Gasteiger charge is -2.10. The van der Waals surface area contributed by atoms with Crippen LogP contribution in [0.1, 0.15) is 41.3 Å². The second-order valence-corrected chi connectivity index (χ2v) is 6.83. The van der Waals surface area contributed by atoms with Crippen molar-refractivity contribution in [2.24, 2.45) is 0 Å². The topological polar surface area (TPSA) is 103 Å². The lowest BCUT2D eigenvalue weighted by Crippen LogP contribution is -2.43. The molecule has 0 saturated carbocycles. The van der Waals surface area contributed by atoms with Gasteiger partial charge in [-0.05, 0) is 41.3 Å². The zero-order valence-electron chi connectivity index (χ0n) is 17.9. The van der Waals surface area contributed by atoms with Crippen LogP contribution in [0.4, 0.5) is 0 Å². The Morgan fingerprint density at radius 3 is 2.23 bits per heavy atom. The standard InChI is InChI=1S/C23H26N2O6/c1-15(2)17-8-5-16(6-9-17)7-12-22(27)31-14-21(26)24-25-23(28)18-10-11-19(29-3)20(13-18)30-4/h5-13,15H,14H2,1-4H3,(H,24,26)(H,25,28)/b12-7+. The van der Waals surface area contributed by atoms with Crippen molar-refractivity contribution >= 4 is 23.9 Å². The first-order valence-electron chi connectivity index (χ1n) is 9.60. The van der Waals surface area contributed by atoms with Gasteiger partial charge in [0.2, 0.25) is 0 Å². The highest BCUT2D eigenvalue weighted by molar-refractivity contribution is 5.96. The van der Waals surface area contributed by atoms with Gasteiger partial charge in [0.05, 0.1) is 14.2 Å². The summed E-state index contributed by atoms with van der Waals surface area (Å²) in [7, 11) is 2.93. The van der Waals surface area contributed by atoms with Gasteiger partial charge >= 0.3 is 5.97 Å². The first-order chi connectivity index (χ1) is 14.8. The Bertz CT molecular complexity index is 951. The van der Waals surface area contributed by atoms with Crippen LogP contribution in [0.5, 0.6) is 11.5 Å². The largest absolute Gasteiger partial charge is 0.493 e. The number of carbonyl (C=O) groups is 3. The maximum Gasteiger partial charge on any atom is 0.331 e. The minimum absolute atomic E-state index is 0.251. The van der Waals surface area contributed by atoms with E-state index in [9.17, 15) is 14.4 Å². The predicted molar refractivity (Wildman–Crippen MR) is 116 cm³/mol. The van der Waals surface area contributed by atoms with Gasteiger partial charge in [0.15, 0.2) is 18.1 Å². The third-order valence-corrected chi connectivity index (χ3v) is 4.32. The molecule has 0 bridgehead atoms. The molecular formula is C23H26N2O6. The second kappa shape index (κ2) is 11.4. The van der Waals surface area contributed by atoms with Gasteiger partial charge in [-0.2, -0.15) is 0 Å². The fourth-order valence-corrected chi connectivity index (χ4v) is 2.55. The molecule has 0 spiro atoms.